The quantitative estimate of drug-likeness (QED) is 0.912. The molecule has 1 aromatic heterocycles. The van der Waals surface area contributed by atoms with Crippen molar-refractivity contribution < 1.29 is 14.3 Å². The third kappa shape index (κ3) is 3.31. The number of hydrogen-bond acceptors (Lipinski definition) is 3. The molecule has 1 aliphatic rings. The van der Waals surface area contributed by atoms with E-state index < -0.39 is 5.97 Å². The van der Waals surface area contributed by atoms with E-state index in [0.29, 0.717) is 37.1 Å². The topological polar surface area (TPSA) is 72.2 Å². The van der Waals surface area contributed by atoms with Crippen LogP contribution < -0.4 is 5.56 Å². The molecular formula is C17H17FN2O3. The number of aliphatic carboxylic acids is 1. The number of halogens is 1. The Labute approximate surface area is 132 Å². The first kappa shape index (κ1) is 15.4. The first-order chi connectivity index (χ1) is 11.0. The van der Waals surface area contributed by atoms with Gasteiger partial charge < -0.3 is 9.67 Å². The second-order valence-corrected chi connectivity index (χ2v) is 5.72. The van der Waals surface area contributed by atoms with E-state index in [0.717, 1.165) is 17.7 Å². The summed E-state index contributed by atoms with van der Waals surface area (Å²) in [6, 6.07) is 6.14. The van der Waals surface area contributed by atoms with Crippen LogP contribution in [-0.4, -0.2) is 20.6 Å². The molecule has 5 nitrogen and oxygen atoms in total. The predicted octanol–water partition coefficient (Wildman–Crippen LogP) is 1.74. The lowest BCUT2D eigenvalue weighted by atomic mass is 10.1. The Morgan fingerprint density at radius 2 is 1.96 bits per heavy atom. The number of carboxylic acids is 1. The number of nitrogens with zero attached hydrogens (tertiary/aromatic N) is 2. The third-order valence-corrected chi connectivity index (χ3v) is 4.16. The van der Waals surface area contributed by atoms with Gasteiger partial charge in [0.05, 0.1) is 0 Å². The largest absolute Gasteiger partial charge is 0.480 e. The van der Waals surface area contributed by atoms with E-state index in [1.54, 1.807) is 16.7 Å². The van der Waals surface area contributed by atoms with Crippen LogP contribution in [0.15, 0.2) is 29.1 Å². The van der Waals surface area contributed by atoms with Crippen molar-refractivity contribution in [2.45, 2.75) is 38.6 Å². The predicted molar refractivity (Wildman–Crippen MR) is 82.0 cm³/mol. The molecule has 0 bridgehead atoms. The molecule has 0 amide bonds. The van der Waals surface area contributed by atoms with Crippen LogP contribution in [0.2, 0.25) is 0 Å². The number of aromatic nitrogens is 2. The molecule has 120 valence electrons. The molecule has 0 radical (unpaired) electrons. The van der Waals surface area contributed by atoms with Gasteiger partial charge in [0.2, 0.25) is 0 Å². The van der Waals surface area contributed by atoms with E-state index in [-0.39, 0.29) is 17.9 Å². The van der Waals surface area contributed by atoms with Gasteiger partial charge in [0.1, 0.15) is 18.2 Å². The van der Waals surface area contributed by atoms with Crippen LogP contribution in [0.4, 0.5) is 4.39 Å². The van der Waals surface area contributed by atoms with Gasteiger partial charge >= 0.3 is 5.97 Å². The summed E-state index contributed by atoms with van der Waals surface area (Å²) in [7, 11) is 0. The van der Waals surface area contributed by atoms with Crippen LogP contribution in [0.3, 0.4) is 0 Å². The Morgan fingerprint density at radius 3 is 2.65 bits per heavy atom. The summed E-state index contributed by atoms with van der Waals surface area (Å²) >= 11 is 0. The fraction of sp³-hybridized carbons (Fsp3) is 0.353. The Bertz CT molecular complexity index is 797. The van der Waals surface area contributed by atoms with Crippen LogP contribution >= 0.6 is 0 Å². The van der Waals surface area contributed by atoms with E-state index in [4.69, 9.17) is 5.11 Å². The van der Waals surface area contributed by atoms with E-state index in [1.807, 2.05) is 0 Å². The first-order valence-electron chi connectivity index (χ1n) is 7.62. The van der Waals surface area contributed by atoms with Crippen molar-refractivity contribution in [2.75, 3.05) is 0 Å². The van der Waals surface area contributed by atoms with E-state index in [9.17, 15) is 14.0 Å². The maximum Gasteiger partial charge on any atom is 0.323 e. The summed E-state index contributed by atoms with van der Waals surface area (Å²) in [5.41, 5.74) is 2.13. The van der Waals surface area contributed by atoms with Crippen LogP contribution in [0, 0.1) is 5.82 Å². The van der Waals surface area contributed by atoms with E-state index >= 15 is 0 Å². The molecule has 0 unspecified atom stereocenters. The fourth-order valence-corrected chi connectivity index (χ4v) is 3.08. The lowest BCUT2D eigenvalue weighted by molar-refractivity contribution is -0.137. The first-order valence-corrected chi connectivity index (χ1v) is 7.62. The number of benzene rings is 1. The second kappa shape index (κ2) is 6.32. The third-order valence-electron chi connectivity index (χ3n) is 4.16. The monoisotopic (exact) mass is 316 g/mol. The maximum absolute atomic E-state index is 12.9. The van der Waals surface area contributed by atoms with Crippen molar-refractivity contribution in [3.8, 4) is 0 Å². The molecule has 1 aromatic carbocycles. The van der Waals surface area contributed by atoms with Gasteiger partial charge in [0.25, 0.3) is 5.56 Å². The molecule has 0 spiro atoms. The molecule has 1 heterocycles. The summed E-state index contributed by atoms with van der Waals surface area (Å²) in [6.45, 7) is -0.186. The van der Waals surface area contributed by atoms with Gasteiger partial charge in [-0.2, -0.15) is 4.98 Å². The van der Waals surface area contributed by atoms with Gasteiger partial charge in [-0.3, -0.25) is 9.59 Å². The molecule has 6 heteroatoms. The van der Waals surface area contributed by atoms with E-state index in [2.05, 4.69) is 4.98 Å². The zero-order valence-electron chi connectivity index (χ0n) is 12.6. The van der Waals surface area contributed by atoms with Crippen molar-refractivity contribution in [3.05, 3.63) is 63.1 Å². The molecule has 0 aliphatic heterocycles. The Kier molecular flexibility index (Phi) is 4.23. The van der Waals surface area contributed by atoms with Crippen molar-refractivity contribution >= 4 is 5.97 Å². The number of fused-ring (bicyclic) bond motifs is 1. The highest BCUT2D eigenvalue weighted by atomic mass is 19.1. The number of carbonyl (C=O) groups is 1. The minimum atomic E-state index is -0.951. The Morgan fingerprint density at radius 1 is 1.22 bits per heavy atom. The molecule has 0 saturated heterocycles. The average molecular weight is 316 g/mol. The van der Waals surface area contributed by atoms with Crippen LogP contribution in [-0.2, 0) is 37.0 Å². The molecular weight excluding hydrogens is 299 g/mol. The lowest BCUT2D eigenvalue weighted by Gasteiger charge is -2.15. The van der Waals surface area contributed by atoms with Gasteiger partial charge in [-0.05, 0) is 43.4 Å². The highest BCUT2D eigenvalue weighted by Crippen LogP contribution is 2.20. The van der Waals surface area contributed by atoms with Crippen molar-refractivity contribution in [2.24, 2.45) is 0 Å². The molecule has 1 N–H and O–H groups in total. The molecule has 23 heavy (non-hydrogen) atoms. The Balaban J connectivity index is 1.91. The average Bonchev–Trinajstić information content (AvgIpc) is 3.00. The zero-order chi connectivity index (χ0) is 16.4. The fourth-order valence-electron chi connectivity index (χ4n) is 3.08. The number of rotatable bonds is 5. The van der Waals surface area contributed by atoms with Crippen LogP contribution in [0.25, 0.3) is 0 Å². The molecule has 3 rings (SSSR count). The van der Waals surface area contributed by atoms with Crippen LogP contribution in [0.5, 0.6) is 0 Å². The smallest absolute Gasteiger partial charge is 0.323 e. The van der Waals surface area contributed by atoms with Crippen molar-refractivity contribution in [3.63, 3.8) is 0 Å². The van der Waals surface area contributed by atoms with Gasteiger partial charge in [-0.15, -0.1) is 0 Å². The zero-order valence-corrected chi connectivity index (χ0v) is 12.6. The van der Waals surface area contributed by atoms with Gasteiger partial charge in [0, 0.05) is 17.7 Å². The Hall–Kier alpha value is -2.50. The normalized spacial score (nSPS) is 13.1. The highest BCUT2D eigenvalue weighted by Gasteiger charge is 2.22. The second-order valence-electron chi connectivity index (χ2n) is 5.72. The summed E-state index contributed by atoms with van der Waals surface area (Å²) < 4.78 is 14.6. The molecule has 2 aromatic rings. The number of carboxylic acid groups (broad SMARTS) is 1. The standard InChI is InChI=1S/C17H17FN2O3/c18-12-7-4-11(5-8-12)6-9-15-19-17(23)13-2-1-3-14(13)20(15)10-16(21)22/h4-5,7-8H,1-3,6,9-10H2,(H,21,22). The number of aryl methyl sites for hydroxylation is 2. The van der Waals surface area contributed by atoms with Gasteiger partial charge in [0.15, 0.2) is 0 Å². The summed E-state index contributed by atoms with van der Waals surface area (Å²) in [4.78, 5) is 27.4. The van der Waals surface area contributed by atoms with Gasteiger partial charge in [-0.1, -0.05) is 12.1 Å². The van der Waals surface area contributed by atoms with Crippen molar-refractivity contribution in [1.82, 2.24) is 9.55 Å². The minimum Gasteiger partial charge on any atom is -0.480 e. The molecule has 0 saturated carbocycles. The van der Waals surface area contributed by atoms with E-state index in [1.165, 1.54) is 12.1 Å². The van der Waals surface area contributed by atoms with Crippen molar-refractivity contribution in [1.29, 1.82) is 0 Å². The summed E-state index contributed by atoms with van der Waals surface area (Å²) in [5.74, 6) is -0.762. The summed E-state index contributed by atoms with van der Waals surface area (Å²) in [5, 5.41) is 9.14. The van der Waals surface area contributed by atoms with Crippen LogP contribution in [0.1, 0.15) is 29.1 Å². The number of hydrogen-bond donors (Lipinski definition) is 1. The maximum atomic E-state index is 12.9. The highest BCUT2D eigenvalue weighted by molar-refractivity contribution is 5.66. The summed E-state index contributed by atoms with van der Waals surface area (Å²) in [6.07, 6.45) is 3.25. The SMILES string of the molecule is O=C(O)Cn1c(CCc2ccc(F)cc2)nc(=O)c2c1CCC2. The minimum absolute atomic E-state index is 0.186. The molecule has 0 fully saturated rings. The lowest BCUT2D eigenvalue weighted by Crippen LogP contribution is -2.26. The molecule has 0 atom stereocenters. The molecule has 1 aliphatic carbocycles. The van der Waals surface area contributed by atoms with Gasteiger partial charge in [-0.25, -0.2) is 4.39 Å².